The van der Waals surface area contributed by atoms with E-state index in [1.54, 1.807) is 5.97 Å². The third-order valence-corrected chi connectivity index (χ3v) is 9.39. The maximum atomic E-state index is 13.4. The molecular formula is C22H23BO12. The van der Waals surface area contributed by atoms with E-state index in [2.05, 4.69) is 7.49 Å². The van der Waals surface area contributed by atoms with Crippen LogP contribution in [0.1, 0.15) is 13.3 Å². The first-order valence-corrected chi connectivity index (χ1v) is 11.4. The number of aliphatic carboxylic acids is 1. The van der Waals surface area contributed by atoms with Crippen LogP contribution in [0.2, 0.25) is 0 Å². The second kappa shape index (κ2) is 6.58. The molecule has 3 aliphatic heterocycles. The number of carbonyl (C=O) groups excluding carboxylic acids is 3. The van der Waals surface area contributed by atoms with Crippen LogP contribution in [0.4, 0.5) is 0 Å². The molecule has 6 fully saturated rings. The van der Waals surface area contributed by atoms with Crippen LogP contribution in [0.25, 0.3) is 0 Å². The van der Waals surface area contributed by atoms with E-state index in [9.17, 15) is 34.5 Å². The van der Waals surface area contributed by atoms with Crippen molar-refractivity contribution in [3.8, 4) is 0 Å². The Balaban J connectivity index is 1.55. The molecular weight excluding hydrogens is 467 g/mol. The van der Waals surface area contributed by atoms with E-state index in [1.165, 1.54) is 13.0 Å². The molecule has 4 N–H and O–H groups in total. The van der Waals surface area contributed by atoms with Crippen LogP contribution in [0.3, 0.4) is 0 Å². The normalized spacial score (nSPS) is 54.8. The number of ether oxygens (including phenoxy) is 4. The van der Waals surface area contributed by atoms with Crippen molar-refractivity contribution in [2.45, 2.75) is 55.1 Å². The van der Waals surface area contributed by atoms with Crippen molar-refractivity contribution < 1.29 is 58.6 Å². The summed E-state index contributed by atoms with van der Waals surface area (Å²) in [5.74, 6) is -4.88. The van der Waals surface area contributed by atoms with Gasteiger partial charge >= 0.3 is 198 Å². The van der Waals surface area contributed by atoms with Crippen LogP contribution in [0.5, 0.6) is 0 Å². The summed E-state index contributed by atoms with van der Waals surface area (Å²) in [7, 11) is 3.83. The number of fused-ring (bicyclic) bond motifs is 3. The van der Waals surface area contributed by atoms with E-state index < -0.39 is 88.3 Å². The van der Waals surface area contributed by atoms with Gasteiger partial charge in [-0.1, -0.05) is 0 Å². The van der Waals surface area contributed by atoms with E-state index in [0.717, 1.165) is 6.08 Å². The summed E-state index contributed by atoms with van der Waals surface area (Å²) in [4.78, 5) is 49.5. The van der Waals surface area contributed by atoms with Crippen LogP contribution in [0, 0.1) is 28.6 Å². The van der Waals surface area contributed by atoms with Crippen LogP contribution < -0.4 is 0 Å². The van der Waals surface area contributed by atoms with Crippen molar-refractivity contribution in [2.24, 2.45) is 28.6 Å². The average molecular weight is 490 g/mol. The monoisotopic (exact) mass is 490 g/mol. The molecule has 6 rings (SSSR count). The zero-order valence-corrected chi connectivity index (χ0v) is 18.5. The van der Waals surface area contributed by atoms with Gasteiger partial charge in [0.25, 0.3) is 0 Å². The predicted octanol–water partition coefficient (Wildman–Crippen LogP) is -3.41. The van der Waals surface area contributed by atoms with Gasteiger partial charge in [0.05, 0.1) is 0 Å². The summed E-state index contributed by atoms with van der Waals surface area (Å²) in [6, 6.07) is 0. The molecule has 3 aliphatic carbocycles. The summed E-state index contributed by atoms with van der Waals surface area (Å²) in [5, 5.41) is 44.5. The summed E-state index contributed by atoms with van der Waals surface area (Å²) >= 11 is 0. The van der Waals surface area contributed by atoms with Gasteiger partial charge in [-0.3, -0.25) is 0 Å². The number of carboxylic acid groups (broad SMARTS) is 1. The van der Waals surface area contributed by atoms with E-state index in [1.807, 2.05) is 0 Å². The first-order chi connectivity index (χ1) is 16.5. The van der Waals surface area contributed by atoms with E-state index in [-0.39, 0.29) is 18.9 Å². The van der Waals surface area contributed by atoms with Crippen molar-refractivity contribution >= 4 is 37.3 Å². The fourth-order valence-electron chi connectivity index (χ4n) is 8.22. The maximum absolute atomic E-state index is 13.4. The van der Waals surface area contributed by atoms with Gasteiger partial charge in [-0.25, -0.2) is 0 Å². The minimum atomic E-state index is -2.83. The van der Waals surface area contributed by atoms with Crippen LogP contribution >= 0.6 is 0 Å². The van der Waals surface area contributed by atoms with Gasteiger partial charge in [0.1, 0.15) is 0 Å². The van der Waals surface area contributed by atoms with Crippen molar-refractivity contribution in [3.05, 3.63) is 12.2 Å². The average Bonchev–Trinajstić information content (AvgIpc) is 3.07. The number of carboxylic acids is 1. The number of carbonyl (C=O) groups is 4. The molecule has 6 aliphatic rings. The van der Waals surface area contributed by atoms with Gasteiger partial charge in [-0.15, -0.1) is 0 Å². The molecule has 35 heavy (non-hydrogen) atoms. The topological polar surface area (TPSA) is 186 Å². The SMILES string of the molecule is B=C[C@@H]1CC2OC(=O)[C@]3(O)[C@@]4(O)C(C)C(=O)O[C@H]4[C@H](O)[C@]23C23C1[C@@H]2OC(=O)[C@@H]3OC/C=C/C(=O)O. The number of rotatable bonds is 5. The summed E-state index contributed by atoms with van der Waals surface area (Å²) in [5.41, 5.74) is -8.93. The Bertz CT molecular complexity index is 1120. The summed E-state index contributed by atoms with van der Waals surface area (Å²) in [6.07, 6.45) is -4.90. The number of aliphatic hydroxyl groups is 3. The van der Waals surface area contributed by atoms with E-state index in [4.69, 9.17) is 24.1 Å². The molecule has 3 heterocycles. The molecule has 12 nitrogen and oxygen atoms in total. The second-order valence-electron chi connectivity index (χ2n) is 10.2. The Morgan fingerprint density at radius 1 is 1.17 bits per heavy atom. The van der Waals surface area contributed by atoms with E-state index in [0.29, 0.717) is 0 Å². The van der Waals surface area contributed by atoms with Crippen molar-refractivity contribution in [3.63, 3.8) is 0 Å². The molecule has 0 radical (unpaired) electrons. The van der Waals surface area contributed by atoms with Crippen molar-refractivity contribution in [1.82, 2.24) is 0 Å². The molecule has 3 saturated carbocycles. The minimum absolute atomic E-state index is 0.117. The second-order valence-corrected chi connectivity index (χ2v) is 10.2. The molecule has 13 heteroatoms. The molecule has 0 aromatic carbocycles. The predicted molar refractivity (Wildman–Crippen MR) is 111 cm³/mol. The van der Waals surface area contributed by atoms with E-state index >= 15 is 0 Å². The Morgan fingerprint density at radius 2 is 1.86 bits per heavy atom. The fourth-order valence-corrected chi connectivity index (χ4v) is 8.22. The van der Waals surface area contributed by atoms with Crippen LogP contribution in [-0.2, 0) is 38.1 Å². The quantitative estimate of drug-likeness (QED) is 0.130. The Morgan fingerprint density at radius 3 is 2.51 bits per heavy atom. The molecule has 186 valence electrons. The van der Waals surface area contributed by atoms with Crippen molar-refractivity contribution in [1.29, 1.82) is 0 Å². The Hall–Kier alpha value is -2.61. The van der Waals surface area contributed by atoms with Gasteiger partial charge in [-0.05, 0) is 0 Å². The van der Waals surface area contributed by atoms with Gasteiger partial charge in [-0.2, -0.15) is 0 Å². The van der Waals surface area contributed by atoms with Gasteiger partial charge in [0.2, 0.25) is 0 Å². The number of aliphatic hydroxyl groups excluding tert-OH is 1. The molecule has 2 spiro atoms. The van der Waals surface area contributed by atoms with Crippen LogP contribution in [-0.4, -0.2) is 106 Å². The molecule has 12 atom stereocenters. The first-order valence-electron chi connectivity index (χ1n) is 11.4. The number of hydrogen-bond acceptors (Lipinski definition) is 11. The zero-order chi connectivity index (χ0) is 25.3. The molecule has 0 amide bonds. The number of hydrogen-bond donors (Lipinski definition) is 4. The Labute approximate surface area is 198 Å². The standard InChI is InChI=1S/C22H23BO12/c1-7-16(27)35-14-12(26)20-9(33-18(29)22(20,31)21(7,14)30)5-8(6-23)11-13-19(11,20)15(17(28)34-13)32-4-2-3-10(24)25/h2-3,6-9,11-15,23,26,30-31H,4-5H2,1H3,(H,24,25)/b3-2+/t7?,8-,9?,11?,12-,13-,14-,15-,19?,20-,21+,22+/m0/s1. The molecule has 3 saturated heterocycles. The molecule has 0 bridgehead atoms. The van der Waals surface area contributed by atoms with Crippen molar-refractivity contribution in [2.75, 3.05) is 6.61 Å². The first kappa shape index (κ1) is 22.8. The van der Waals surface area contributed by atoms with Gasteiger partial charge in [0.15, 0.2) is 0 Å². The summed E-state index contributed by atoms with van der Waals surface area (Å²) in [6.45, 7) is 0.956. The number of esters is 3. The Kier molecular flexibility index (Phi) is 4.29. The van der Waals surface area contributed by atoms with Gasteiger partial charge < -0.3 is 0 Å². The fraction of sp³-hybridized carbons (Fsp3) is 0.682. The van der Waals surface area contributed by atoms with Crippen LogP contribution in [0.15, 0.2) is 12.2 Å². The van der Waals surface area contributed by atoms with Gasteiger partial charge in [0, 0.05) is 0 Å². The third kappa shape index (κ3) is 2.04. The molecule has 0 aromatic heterocycles. The summed E-state index contributed by atoms with van der Waals surface area (Å²) < 4.78 is 22.3. The zero-order valence-electron chi connectivity index (χ0n) is 18.5. The molecule has 4 unspecified atom stereocenters. The third-order valence-electron chi connectivity index (χ3n) is 9.39. The molecule has 0 aromatic rings.